The van der Waals surface area contributed by atoms with Gasteiger partial charge in [0.25, 0.3) is 0 Å². The number of carbonyl (C=O) groups is 2. The predicted molar refractivity (Wildman–Crippen MR) is 65.3 cm³/mol. The predicted octanol–water partition coefficient (Wildman–Crippen LogP) is 1.27. The molecule has 0 atom stereocenters. The van der Waals surface area contributed by atoms with Gasteiger partial charge in [-0.2, -0.15) is 0 Å². The number of ether oxygens (including phenoxy) is 2. The van der Waals surface area contributed by atoms with E-state index in [2.05, 4.69) is 0 Å². The molecule has 6 heteroatoms. The second kappa shape index (κ2) is 6.68. The summed E-state index contributed by atoms with van der Waals surface area (Å²) in [7, 11) is 3.36. The van der Waals surface area contributed by atoms with E-state index in [1.54, 1.807) is 43.9 Å². The highest BCUT2D eigenvalue weighted by Gasteiger charge is 2.12. The highest BCUT2D eigenvalue weighted by atomic mass is 16.6. The van der Waals surface area contributed by atoms with Gasteiger partial charge in [0.1, 0.15) is 12.3 Å². The fourth-order valence-electron chi connectivity index (χ4n) is 1.35. The lowest BCUT2D eigenvalue weighted by atomic mass is 10.4. The van der Waals surface area contributed by atoms with Gasteiger partial charge in [-0.25, -0.2) is 9.59 Å². The largest absolute Gasteiger partial charge is 0.459 e. The minimum Gasteiger partial charge on any atom is -0.459 e. The fraction of sp³-hybridized carbons (Fsp3) is 0.500. The SMILES string of the molecule is CCOC(=O)N(C)CCOC(=O)c1cccn1C. The molecule has 100 valence electrons. The number of hydrogen-bond donors (Lipinski definition) is 0. The Hall–Kier alpha value is -1.98. The van der Waals surface area contributed by atoms with Crippen molar-refractivity contribution in [3.05, 3.63) is 24.0 Å². The minimum atomic E-state index is -0.424. The number of nitrogens with zero attached hydrogens (tertiary/aromatic N) is 2. The van der Waals surface area contributed by atoms with Crippen LogP contribution in [0.2, 0.25) is 0 Å². The van der Waals surface area contributed by atoms with E-state index in [-0.39, 0.29) is 6.61 Å². The normalized spacial score (nSPS) is 9.94. The molecule has 0 fully saturated rings. The molecule has 0 aliphatic heterocycles. The molecule has 1 rings (SSSR count). The van der Waals surface area contributed by atoms with Crippen molar-refractivity contribution < 1.29 is 19.1 Å². The van der Waals surface area contributed by atoms with Crippen LogP contribution in [-0.4, -0.2) is 48.3 Å². The van der Waals surface area contributed by atoms with E-state index in [0.29, 0.717) is 18.8 Å². The first-order chi connectivity index (χ1) is 8.56. The monoisotopic (exact) mass is 254 g/mol. The van der Waals surface area contributed by atoms with Gasteiger partial charge in [-0.15, -0.1) is 0 Å². The van der Waals surface area contributed by atoms with Crippen molar-refractivity contribution in [2.45, 2.75) is 6.92 Å². The van der Waals surface area contributed by atoms with Crippen molar-refractivity contribution >= 4 is 12.1 Å². The Kier molecular flexibility index (Phi) is 5.23. The van der Waals surface area contributed by atoms with Crippen molar-refractivity contribution in [3.8, 4) is 0 Å². The van der Waals surface area contributed by atoms with Crippen LogP contribution in [0.15, 0.2) is 18.3 Å². The standard InChI is InChI=1S/C12H18N2O4/c1-4-17-12(16)14(3)8-9-18-11(15)10-6-5-7-13(10)2/h5-7H,4,8-9H2,1-3H3. The summed E-state index contributed by atoms with van der Waals surface area (Å²) < 4.78 is 11.5. The van der Waals surface area contributed by atoms with Gasteiger partial charge in [-0.3, -0.25) is 0 Å². The van der Waals surface area contributed by atoms with Crippen molar-refractivity contribution in [2.24, 2.45) is 7.05 Å². The number of rotatable bonds is 5. The summed E-state index contributed by atoms with van der Waals surface area (Å²) in [6, 6.07) is 3.44. The van der Waals surface area contributed by atoms with E-state index in [1.165, 1.54) is 4.90 Å². The maximum atomic E-state index is 11.6. The average Bonchev–Trinajstić information content (AvgIpc) is 2.75. The summed E-state index contributed by atoms with van der Waals surface area (Å²) in [5.74, 6) is -0.403. The second-order valence-electron chi connectivity index (χ2n) is 3.76. The molecule has 0 saturated heterocycles. The van der Waals surface area contributed by atoms with Crippen molar-refractivity contribution in [1.29, 1.82) is 0 Å². The van der Waals surface area contributed by atoms with Crippen LogP contribution in [-0.2, 0) is 16.5 Å². The second-order valence-corrected chi connectivity index (χ2v) is 3.76. The summed E-state index contributed by atoms with van der Waals surface area (Å²) in [6.45, 7) is 2.50. The van der Waals surface area contributed by atoms with Gasteiger partial charge in [-0.1, -0.05) is 0 Å². The molecule has 0 N–H and O–H groups in total. The van der Waals surface area contributed by atoms with Gasteiger partial charge < -0.3 is 18.9 Å². The van der Waals surface area contributed by atoms with E-state index >= 15 is 0 Å². The number of carbonyl (C=O) groups excluding carboxylic acids is 2. The minimum absolute atomic E-state index is 0.138. The summed E-state index contributed by atoms with van der Waals surface area (Å²) in [4.78, 5) is 24.2. The molecule has 0 saturated carbocycles. The highest BCUT2D eigenvalue weighted by molar-refractivity contribution is 5.87. The third-order valence-corrected chi connectivity index (χ3v) is 2.39. The fourth-order valence-corrected chi connectivity index (χ4v) is 1.35. The average molecular weight is 254 g/mol. The van der Waals surface area contributed by atoms with E-state index in [0.717, 1.165) is 0 Å². The third kappa shape index (κ3) is 3.80. The zero-order chi connectivity index (χ0) is 13.5. The number of likely N-dealkylation sites (N-methyl/N-ethyl adjacent to an activating group) is 1. The molecule has 6 nitrogen and oxygen atoms in total. The summed E-state index contributed by atoms with van der Waals surface area (Å²) in [6.07, 6.45) is 1.34. The maximum Gasteiger partial charge on any atom is 0.409 e. The van der Waals surface area contributed by atoms with Crippen LogP contribution in [0.5, 0.6) is 0 Å². The Morgan fingerprint density at radius 2 is 2.11 bits per heavy atom. The molecular weight excluding hydrogens is 236 g/mol. The molecule has 0 bridgehead atoms. The molecular formula is C12H18N2O4. The quantitative estimate of drug-likeness (QED) is 0.742. The Labute approximate surface area is 106 Å². The van der Waals surface area contributed by atoms with Gasteiger partial charge in [0, 0.05) is 20.3 Å². The number of hydrogen-bond acceptors (Lipinski definition) is 4. The molecule has 0 spiro atoms. The van der Waals surface area contributed by atoms with Crippen molar-refractivity contribution in [1.82, 2.24) is 9.47 Å². The summed E-state index contributed by atoms with van der Waals surface area (Å²) in [5, 5.41) is 0. The zero-order valence-electron chi connectivity index (χ0n) is 10.9. The number of aryl methyl sites for hydroxylation is 1. The van der Waals surface area contributed by atoms with Gasteiger partial charge in [0.15, 0.2) is 0 Å². The van der Waals surface area contributed by atoms with E-state index in [4.69, 9.17) is 9.47 Å². The van der Waals surface area contributed by atoms with E-state index < -0.39 is 12.1 Å². The Bertz CT molecular complexity index is 414. The first-order valence-corrected chi connectivity index (χ1v) is 5.72. The van der Waals surface area contributed by atoms with E-state index in [1.807, 2.05) is 0 Å². The number of amides is 1. The van der Waals surface area contributed by atoms with Gasteiger partial charge >= 0.3 is 12.1 Å². The van der Waals surface area contributed by atoms with Crippen LogP contribution < -0.4 is 0 Å². The van der Waals surface area contributed by atoms with Crippen LogP contribution in [0, 0.1) is 0 Å². The molecule has 1 aromatic rings. The molecule has 18 heavy (non-hydrogen) atoms. The molecule has 1 heterocycles. The Morgan fingerprint density at radius 1 is 1.39 bits per heavy atom. The van der Waals surface area contributed by atoms with Gasteiger partial charge in [0.05, 0.1) is 13.2 Å². The van der Waals surface area contributed by atoms with Crippen LogP contribution >= 0.6 is 0 Å². The topological polar surface area (TPSA) is 60.8 Å². The first-order valence-electron chi connectivity index (χ1n) is 5.72. The number of esters is 1. The van der Waals surface area contributed by atoms with Crippen molar-refractivity contribution in [2.75, 3.05) is 26.8 Å². The zero-order valence-corrected chi connectivity index (χ0v) is 10.9. The molecule has 1 amide bonds. The molecule has 0 aromatic carbocycles. The van der Waals surface area contributed by atoms with Crippen LogP contribution in [0.3, 0.4) is 0 Å². The van der Waals surface area contributed by atoms with Crippen LogP contribution in [0.4, 0.5) is 4.79 Å². The molecule has 0 radical (unpaired) electrons. The highest BCUT2D eigenvalue weighted by Crippen LogP contribution is 2.02. The lowest BCUT2D eigenvalue weighted by Crippen LogP contribution is -2.31. The molecule has 0 aliphatic rings. The maximum absolute atomic E-state index is 11.6. The summed E-state index contributed by atoms with van der Waals surface area (Å²) >= 11 is 0. The van der Waals surface area contributed by atoms with Gasteiger partial charge in [0.2, 0.25) is 0 Å². The molecule has 1 aromatic heterocycles. The Morgan fingerprint density at radius 3 is 2.67 bits per heavy atom. The third-order valence-electron chi connectivity index (χ3n) is 2.39. The van der Waals surface area contributed by atoms with Crippen molar-refractivity contribution in [3.63, 3.8) is 0 Å². The van der Waals surface area contributed by atoms with Gasteiger partial charge in [-0.05, 0) is 19.1 Å². The molecule has 0 unspecified atom stereocenters. The lowest BCUT2D eigenvalue weighted by Gasteiger charge is -2.16. The first kappa shape index (κ1) is 14.1. The Balaban J connectivity index is 2.32. The lowest BCUT2D eigenvalue weighted by molar-refractivity contribution is 0.0446. The van der Waals surface area contributed by atoms with E-state index in [9.17, 15) is 9.59 Å². The number of aromatic nitrogens is 1. The van der Waals surface area contributed by atoms with Crippen LogP contribution in [0.25, 0.3) is 0 Å². The smallest absolute Gasteiger partial charge is 0.409 e. The summed E-state index contributed by atoms with van der Waals surface area (Å²) in [5.41, 5.74) is 0.480. The van der Waals surface area contributed by atoms with Crippen LogP contribution in [0.1, 0.15) is 17.4 Å². The molecule has 0 aliphatic carbocycles.